The second-order valence-electron chi connectivity index (χ2n) is 4.21. The minimum atomic E-state index is 0.0437. The molecular weight excluding hydrogens is 296 g/mol. The molecule has 0 N–H and O–H groups in total. The van der Waals surface area contributed by atoms with Gasteiger partial charge in [-0.05, 0) is 42.8 Å². The van der Waals surface area contributed by atoms with Crippen molar-refractivity contribution in [1.82, 2.24) is 9.78 Å². The lowest BCUT2D eigenvalue weighted by molar-refractivity contribution is 0.0989. The maximum Gasteiger partial charge on any atom is 0.172 e. The van der Waals surface area contributed by atoms with Crippen LogP contribution in [0.15, 0.2) is 21.2 Å². The summed E-state index contributed by atoms with van der Waals surface area (Å²) in [6.45, 7) is 6.51. The van der Waals surface area contributed by atoms with E-state index in [0.29, 0.717) is 12.0 Å². The van der Waals surface area contributed by atoms with E-state index >= 15 is 0 Å². The maximum absolute atomic E-state index is 12.1. The molecule has 0 aromatic carbocycles. The standard InChI is InChI=1S/C13H15BrN2O2/c1-4-16-11(13(14)9(3)15-16)6-12(17)10-5-8(2)18-7-10/h5,7H,4,6H2,1-3H3. The van der Waals surface area contributed by atoms with Crippen molar-refractivity contribution >= 4 is 21.7 Å². The van der Waals surface area contributed by atoms with Gasteiger partial charge in [-0.25, -0.2) is 0 Å². The van der Waals surface area contributed by atoms with Gasteiger partial charge in [-0.1, -0.05) is 0 Å². The Morgan fingerprint density at radius 2 is 2.22 bits per heavy atom. The summed E-state index contributed by atoms with van der Waals surface area (Å²) in [6.07, 6.45) is 1.83. The fourth-order valence-corrected chi connectivity index (χ4v) is 2.31. The molecule has 0 amide bonds. The third-order valence-corrected chi connectivity index (χ3v) is 3.86. The first-order valence-corrected chi connectivity index (χ1v) is 6.62. The van der Waals surface area contributed by atoms with Gasteiger partial charge in [0.1, 0.15) is 12.0 Å². The highest BCUT2D eigenvalue weighted by Crippen LogP contribution is 2.23. The summed E-state index contributed by atoms with van der Waals surface area (Å²) >= 11 is 3.49. The second-order valence-corrected chi connectivity index (χ2v) is 5.00. The van der Waals surface area contributed by atoms with Crippen LogP contribution in [0, 0.1) is 13.8 Å². The summed E-state index contributed by atoms with van der Waals surface area (Å²) in [5.41, 5.74) is 2.43. The number of rotatable bonds is 4. The molecule has 2 aromatic heterocycles. The third-order valence-electron chi connectivity index (χ3n) is 2.83. The Morgan fingerprint density at radius 1 is 1.50 bits per heavy atom. The summed E-state index contributed by atoms with van der Waals surface area (Å²) < 4.78 is 7.93. The number of halogens is 1. The van der Waals surface area contributed by atoms with Gasteiger partial charge in [-0.15, -0.1) is 0 Å². The van der Waals surface area contributed by atoms with Crippen LogP contribution in [0.1, 0.15) is 34.4 Å². The molecule has 0 saturated heterocycles. The SMILES string of the molecule is CCn1nc(C)c(Br)c1CC(=O)c1coc(C)c1. The summed E-state index contributed by atoms with van der Waals surface area (Å²) in [6, 6.07) is 1.76. The molecule has 0 fully saturated rings. The zero-order valence-corrected chi connectivity index (χ0v) is 12.2. The first-order chi connectivity index (χ1) is 8.52. The minimum Gasteiger partial charge on any atom is -0.469 e. The van der Waals surface area contributed by atoms with E-state index < -0.39 is 0 Å². The predicted octanol–water partition coefficient (Wildman–Crippen LogP) is 3.30. The van der Waals surface area contributed by atoms with Crippen LogP contribution in [0.2, 0.25) is 0 Å². The van der Waals surface area contributed by atoms with Crippen LogP contribution in [0.3, 0.4) is 0 Å². The topological polar surface area (TPSA) is 48.0 Å². The van der Waals surface area contributed by atoms with Crippen molar-refractivity contribution in [3.05, 3.63) is 39.5 Å². The quantitative estimate of drug-likeness (QED) is 0.814. The minimum absolute atomic E-state index is 0.0437. The fourth-order valence-electron chi connectivity index (χ4n) is 1.88. The Kier molecular flexibility index (Phi) is 3.71. The van der Waals surface area contributed by atoms with Crippen LogP contribution < -0.4 is 0 Å². The number of hydrogen-bond acceptors (Lipinski definition) is 3. The van der Waals surface area contributed by atoms with E-state index in [-0.39, 0.29) is 5.78 Å². The van der Waals surface area contributed by atoms with E-state index in [2.05, 4.69) is 21.0 Å². The van der Waals surface area contributed by atoms with Gasteiger partial charge in [-0.2, -0.15) is 5.10 Å². The van der Waals surface area contributed by atoms with Crippen LogP contribution in [-0.2, 0) is 13.0 Å². The average Bonchev–Trinajstić information content (AvgIpc) is 2.88. The molecule has 2 rings (SSSR count). The Labute approximate surface area is 114 Å². The number of carbonyl (C=O) groups is 1. The smallest absolute Gasteiger partial charge is 0.172 e. The first kappa shape index (κ1) is 13.1. The third kappa shape index (κ3) is 2.41. The molecule has 0 radical (unpaired) electrons. The molecule has 0 aliphatic carbocycles. The van der Waals surface area contributed by atoms with Gasteiger partial charge in [0.2, 0.25) is 0 Å². The molecule has 0 aliphatic rings. The van der Waals surface area contributed by atoms with Gasteiger partial charge in [0.25, 0.3) is 0 Å². The largest absolute Gasteiger partial charge is 0.469 e. The Hall–Kier alpha value is -1.36. The molecule has 0 saturated carbocycles. The highest BCUT2D eigenvalue weighted by Gasteiger charge is 2.17. The predicted molar refractivity (Wildman–Crippen MR) is 71.8 cm³/mol. The number of nitrogens with zero attached hydrogens (tertiary/aromatic N) is 2. The molecule has 0 bridgehead atoms. The highest BCUT2D eigenvalue weighted by atomic mass is 79.9. The van der Waals surface area contributed by atoms with Crippen molar-refractivity contribution in [3.8, 4) is 0 Å². The molecule has 96 valence electrons. The van der Waals surface area contributed by atoms with Crippen molar-refractivity contribution in [3.63, 3.8) is 0 Å². The number of aryl methyl sites for hydroxylation is 3. The normalized spacial score (nSPS) is 10.9. The van der Waals surface area contributed by atoms with Crippen molar-refractivity contribution in [2.24, 2.45) is 0 Å². The summed E-state index contributed by atoms with van der Waals surface area (Å²) in [7, 11) is 0. The van der Waals surface area contributed by atoms with Gasteiger partial charge >= 0.3 is 0 Å². The average molecular weight is 311 g/mol. The summed E-state index contributed by atoms with van der Waals surface area (Å²) in [5, 5.41) is 4.37. The van der Waals surface area contributed by atoms with E-state index in [9.17, 15) is 4.79 Å². The van der Waals surface area contributed by atoms with Gasteiger partial charge < -0.3 is 4.42 Å². The Bertz CT molecular complexity index is 584. The summed E-state index contributed by atoms with van der Waals surface area (Å²) in [5.74, 6) is 0.791. The van der Waals surface area contributed by atoms with Crippen LogP contribution >= 0.6 is 15.9 Å². The van der Waals surface area contributed by atoms with Gasteiger partial charge in [0.15, 0.2) is 5.78 Å². The van der Waals surface area contributed by atoms with Crippen molar-refractivity contribution in [1.29, 1.82) is 0 Å². The monoisotopic (exact) mass is 310 g/mol. The van der Waals surface area contributed by atoms with E-state index in [0.717, 1.165) is 28.2 Å². The van der Waals surface area contributed by atoms with E-state index in [1.807, 2.05) is 25.5 Å². The number of Topliss-reactive ketones (excluding diaryl/α,β-unsaturated/α-hetero) is 1. The van der Waals surface area contributed by atoms with Crippen LogP contribution in [0.25, 0.3) is 0 Å². The molecule has 0 aliphatic heterocycles. The van der Waals surface area contributed by atoms with E-state index in [1.165, 1.54) is 6.26 Å². The Balaban J connectivity index is 2.26. The van der Waals surface area contributed by atoms with Crippen LogP contribution in [0.4, 0.5) is 0 Å². The molecule has 2 heterocycles. The number of aromatic nitrogens is 2. The lowest BCUT2D eigenvalue weighted by atomic mass is 10.1. The zero-order chi connectivity index (χ0) is 13.3. The molecule has 2 aromatic rings. The van der Waals surface area contributed by atoms with Gasteiger partial charge in [0.05, 0.1) is 27.8 Å². The molecule has 0 spiro atoms. The number of carbonyl (C=O) groups excluding carboxylic acids is 1. The van der Waals surface area contributed by atoms with E-state index in [1.54, 1.807) is 6.07 Å². The molecule has 0 unspecified atom stereocenters. The molecule has 4 nitrogen and oxygen atoms in total. The Morgan fingerprint density at radius 3 is 2.78 bits per heavy atom. The fraction of sp³-hybridized carbons (Fsp3) is 0.385. The lowest BCUT2D eigenvalue weighted by Gasteiger charge is -2.03. The zero-order valence-electron chi connectivity index (χ0n) is 10.7. The van der Waals surface area contributed by atoms with Crippen molar-refractivity contribution < 1.29 is 9.21 Å². The molecular formula is C13H15BrN2O2. The van der Waals surface area contributed by atoms with Crippen molar-refractivity contribution in [2.75, 3.05) is 0 Å². The van der Waals surface area contributed by atoms with E-state index in [4.69, 9.17) is 4.42 Å². The number of hydrogen-bond donors (Lipinski definition) is 0. The molecule has 0 atom stereocenters. The first-order valence-electron chi connectivity index (χ1n) is 5.83. The second kappa shape index (κ2) is 5.10. The summed E-state index contributed by atoms with van der Waals surface area (Å²) in [4.78, 5) is 12.1. The molecule has 5 heteroatoms. The lowest BCUT2D eigenvalue weighted by Crippen LogP contribution is -2.09. The van der Waals surface area contributed by atoms with Crippen LogP contribution in [0.5, 0.6) is 0 Å². The maximum atomic E-state index is 12.1. The van der Waals surface area contributed by atoms with Crippen molar-refractivity contribution in [2.45, 2.75) is 33.7 Å². The molecule has 18 heavy (non-hydrogen) atoms. The number of ketones is 1. The highest BCUT2D eigenvalue weighted by molar-refractivity contribution is 9.10. The van der Waals surface area contributed by atoms with Gasteiger partial charge in [0, 0.05) is 6.54 Å². The van der Waals surface area contributed by atoms with Crippen LogP contribution in [-0.4, -0.2) is 15.6 Å². The van der Waals surface area contributed by atoms with Gasteiger partial charge in [-0.3, -0.25) is 9.48 Å². The number of furan rings is 1.